The van der Waals surface area contributed by atoms with Gasteiger partial charge in [0.25, 0.3) is 0 Å². The zero-order chi connectivity index (χ0) is 14.9. The van der Waals surface area contributed by atoms with Gasteiger partial charge in [0.1, 0.15) is 11.5 Å². The van der Waals surface area contributed by atoms with Gasteiger partial charge in [-0.2, -0.15) is 0 Å². The van der Waals surface area contributed by atoms with Gasteiger partial charge in [0.15, 0.2) is 0 Å². The molecule has 2 aromatic carbocycles. The summed E-state index contributed by atoms with van der Waals surface area (Å²) in [6.07, 6.45) is 2.86. The maximum Gasteiger partial charge on any atom is 0.123 e. The molecule has 0 aliphatic rings. The molecule has 0 unspecified atom stereocenters. The summed E-state index contributed by atoms with van der Waals surface area (Å²) in [5.41, 5.74) is 2.42. The molecule has 1 radical (unpaired) electrons. The lowest BCUT2D eigenvalue weighted by Crippen LogP contribution is -2.01. The second kappa shape index (κ2) is 8.35. The van der Waals surface area contributed by atoms with Gasteiger partial charge in [-0.05, 0) is 42.7 Å². The quantitative estimate of drug-likeness (QED) is 0.701. The molecule has 0 aromatic heterocycles. The third-order valence-electron chi connectivity index (χ3n) is 3.15. The molecule has 2 aromatic rings. The molecule has 111 valence electrons. The fraction of sp³-hybridized carbons (Fsp3) is 0.368. The van der Waals surface area contributed by atoms with Crippen molar-refractivity contribution >= 4 is 0 Å². The first-order valence-electron chi connectivity index (χ1n) is 7.67. The molecule has 0 saturated carbocycles. The predicted octanol–water partition coefficient (Wildman–Crippen LogP) is 4.66. The van der Waals surface area contributed by atoms with Crippen molar-refractivity contribution in [1.29, 1.82) is 0 Å². The number of rotatable bonds is 8. The molecule has 0 bridgehead atoms. The topological polar surface area (TPSA) is 18.5 Å². The maximum atomic E-state index is 5.85. The molecule has 0 saturated heterocycles. The van der Waals surface area contributed by atoms with Crippen LogP contribution in [-0.4, -0.2) is 13.2 Å². The van der Waals surface area contributed by atoms with Crippen LogP contribution in [0.3, 0.4) is 0 Å². The van der Waals surface area contributed by atoms with E-state index >= 15 is 0 Å². The Kier molecular flexibility index (Phi) is 6.14. The molecular formula is C19H23O2. The third-order valence-corrected chi connectivity index (χ3v) is 3.15. The van der Waals surface area contributed by atoms with Gasteiger partial charge in [0, 0.05) is 12.0 Å². The van der Waals surface area contributed by atoms with Crippen LogP contribution >= 0.6 is 0 Å². The number of hydrogen-bond acceptors (Lipinski definition) is 2. The van der Waals surface area contributed by atoms with Crippen LogP contribution in [0, 0.1) is 6.07 Å². The first-order chi connectivity index (χ1) is 10.3. The van der Waals surface area contributed by atoms with E-state index in [2.05, 4.69) is 38.1 Å². The van der Waals surface area contributed by atoms with Gasteiger partial charge in [0.2, 0.25) is 0 Å². The maximum absolute atomic E-state index is 5.85. The van der Waals surface area contributed by atoms with E-state index in [4.69, 9.17) is 9.47 Å². The van der Waals surface area contributed by atoms with Crippen molar-refractivity contribution in [3.05, 3.63) is 59.7 Å². The summed E-state index contributed by atoms with van der Waals surface area (Å²) in [5, 5.41) is 0. The Balaban J connectivity index is 2.20. The van der Waals surface area contributed by atoms with Crippen molar-refractivity contribution < 1.29 is 9.47 Å². The van der Waals surface area contributed by atoms with Crippen LogP contribution in [0.4, 0.5) is 0 Å². The van der Waals surface area contributed by atoms with Gasteiger partial charge in [-0.25, -0.2) is 0 Å². The number of hydrogen-bond donors (Lipinski definition) is 0. The van der Waals surface area contributed by atoms with Crippen molar-refractivity contribution in [1.82, 2.24) is 0 Å². The summed E-state index contributed by atoms with van der Waals surface area (Å²) in [4.78, 5) is 0. The van der Waals surface area contributed by atoms with E-state index in [1.54, 1.807) is 0 Å². The fourth-order valence-electron chi connectivity index (χ4n) is 2.12. The van der Waals surface area contributed by atoms with E-state index in [0.29, 0.717) is 0 Å². The highest BCUT2D eigenvalue weighted by atomic mass is 16.5. The molecular weight excluding hydrogens is 260 g/mol. The second-order valence-electron chi connectivity index (χ2n) is 5.05. The summed E-state index contributed by atoms with van der Waals surface area (Å²) in [7, 11) is 0. The highest BCUT2D eigenvalue weighted by molar-refractivity contribution is 5.43. The minimum atomic E-state index is 0.741. The van der Waals surface area contributed by atoms with Gasteiger partial charge in [-0.1, -0.05) is 38.1 Å². The van der Waals surface area contributed by atoms with Gasteiger partial charge in [0.05, 0.1) is 13.2 Å². The molecule has 0 N–H and O–H groups in total. The molecule has 2 rings (SSSR count). The van der Waals surface area contributed by atoms with Gasteiger partial charge in [-0.15, -0.1) is 0 Å². The molecule has 0 heterocycles. The second-order valence-corrected chi connectivity index (χ2v) is 5.05. The molecule has 0 spiro atoms. The molecule has 21 heavy (non-hydrogen) atoms. The van der Waals surface area contributed by atoms with Crippen LogP contribution in [0.5, 0.6) is 11.5 Å². The molecule has 2 heteroatoms. The Morgan fingerprint density at radius 2 is 1.62 bits per heavy atom. The Morgan fingerprint density at radius 3 is 2.33 bits per heavy atom. The van der Waals surface area contributed by atoms with E-state index in [-0.39, 0.29) is 0 Å². The summed E-state index contributed by atoms with van der Waals surface area (Å²) in [5.74, 6) is 1.87. The van der Waals surface area contributed by atoms with E-state index in [1.165, 1.54) is 11.1 Å². The van der Waals surface area contributed by atoms with Crippen molar-refractivity contribution in [3.63, 3.8) is 0 Å². The predicted molar refractivity (Wildman–Crippen MR) is 86.1 cm³/mol. The van der Waals surface area contributed by atoms with Crippen LogP contribution in [-0.2, 0) is 6.42 Å². The van der Waals surface area contributed by atoms with Crippen molar-refractivity contribution in [2.45, 2.75) is 33.1 Å². The Hall–Kier alpha value is -1.96. The summed E-state index contributed by atoms with van der Waals surface area (Å²) in [6, 6.07) is 17.2. The lowest BCUT2D eigenvalue weighted by Gasteiger charge is -2.13. The standard InChI is InChI=1S/C19H23O2/c1-3-12-20-18-10-11-19(21-13-4-2)17(15-18)14-16-8-6-5-7-9-16/h6-11,15H,3-4,12-14H2,1-2H3. The van der Waals surface area contributed by atoms with Crippen LogP contribution in [0.1, 0.15) is 37.8 Å². The molecule has 2 nitrogen and oxygen atoms in total. The van der Waals surface area contributed by atoms with Crippen molar-refractivity contribution in [3.8, 4) is 11.5 Å². The minimum Gasteiger partial charge on any atom is -0.494 e. The molecule has 0 fully saturated rings. The first kappa shape index (κ1) is 15.4. The zero-order valence-corrected chi connectivity index (χ0v) is 12.9. The monoisotopic (exact) mass is 283 g/mol. The van der Waals surface area contributed by atoms with Crippen LogP contribution in [0.15, 0.2) is 42.5 Å². The van der Waals surface area contributed by atoms with Gasteiger partial charge >= 0.3 is 0 Å². The van der Waals surface area contributed by atoms with E-state index in [1.807, 2.05) is 24.3 Å². The average Bonchev–Trinajstić information content (AvgIpc) is 2.53. The number of ether oxygens (including phenoxy) is 2. The van der Waals surface area contributed by atoms with Gasteiger partial charge < -0.3 is 9.47 Å². The van der Waals surface area contributed by atoms with Crippen LogP contribution < -0.4 is 9.47 Å². The zero-order valence-electron chi connectivity index (χ0n) is 12.9. The first-order valence-corrected chi connectivity index (χ1v) is 7.67. The molecule has 0 aliphatic heterocycles. The smallest absolute Gasteiger partial charge is 0.123 e. The lowest BCUT2D eigenvalue weighted by atomic mass is 10.0. The molecule has 0 aliphatic carbocycles. The Morgan fingerprint density at radius 1 is 0.905 bits per heavy atom. The largest absolute Gasteiger partial charge is 0.494 e. The third kappa shape index (κ3) is 4.82. The Bertz CT molecular complexity index is 535. The number of benzene rings is 2. The van der Waals surface area contributed by atoms with E-state index in [0.717, 1.165) is 44.0 Å². The summed E-state index contributed by atoms with van der Waals surface area (Å²) < 4.78 is 11.6. The Labute approximate surface area is 127 Å². The normalized spacial score (nSPS) is 10.4. The SMILES string of the molecule is CCCOc1ccc(OCCC)c(Cc2cc[c]cc2)c1. The van der Waals surface area contributed by atoms with Crippen LogP contribution in [0.25, 0.3) is 0 Å². The average molecular weight is 283 g/mol. The van der Waals surface area contributed by atoms with Crippen LogP contribution in [0.2, 0.25) is 0 Å². The highest BCUT2D eigenvalue weighted by Gasteiger charge is 2.07. The van der Waals surface area contributed by atoms with Gasteiger partial charge in [-0.3, -0.25) is 0 Å². The molecule has 0 atom stereocenters. The van der Waals surface area contributed by atoms with Crippen molar-refractivity contribution in [2.75, 3.05) is 13.2 Å². The van der Waals surface area contributed by atoms with E-state index in [9.17, 15) is 0 Å². The fourth-order valence-corrected chi connectivity index (χ4v) is 2.12. The van der Waals surface area contributed by atoms with E-state index < -0.39 is 0 Å². The van der Waals surface area contributed by atoms with Crippen molar-refractivity contribution in [2.24, 2.45) is 0 Å². The summed E-state index contributed by atoms with van der Waals surface area (Å²) >= 11 is 0. The lowest BCUT2D eigenvalue weighted by molar-refractivity contribution is 0.306. The minimum absolute atomic E-state index is 0.741. The molecule has 0 amide bonds. The highest BCUT2D eigenvalue weighted by Crippen LogP contribution is 2.27. The summed E-state index contributed by atoms with van der Waals surface area (Å²) in [6.45, 7) is 5.71.